The molecular formula is C6H5BrN2OS. The highest BCUT2D eigenvalue weighted by molar-refractivity contribution is 9.10. The second-order valence-corrected chi connectivity index (χ2v) is 2.99. The van der Waals surface area contributed by atoms with E-state index in [4.69, 9.17) is 4.74 Å². The maximum atomic E-state index is 4.81. The van der Waals surface area contributed by atoms with E-state index in [0.29, 0.717) is 16.3 Å². The summed E-state index contributed by atoms with van der Waals surface area (Å²) in [6, 6.07) is 0. The van der Waals surface area contributed by atoms with Crippen molar-refractivity contribution in [1.29, 1.82) is 0 Å². The van der Waals surface area contributed by atoms with Gasteiger partial charge < -0.3 is 4.74 Å². The van der Waals surface area contributed by atoms with Gasteiger partial charge in [0.2, 0.25) is 4.73 Å². The standard InChI is InChI=1S/C6H5BrN2OS/c1-2-10-4-3-5-8-6(7)9-11-5/h2H2,1H3. The predicted octanol–water partition coefficient (Wildman–Crippen LogP) is 1.65. The van der Waals surface area contributed by atoms with Crippen LogP contribution in [0.25, 0.3) is 0 Å². The van der Waals surface area contributed by atoms with Gasteiger partial charge in [-0.2, -0.15) is 9.36 Å². The quantitative estimate of drug-likeness (QED) is 0.691. The van der Waals surface area contributed by atoms with Crippen LogP contribution in [0.4, 0.5) is 0 Å². The number of halogens is 1. The smallest absolute Gasteiger partial charge is 0.210 e. The molecule has 0 fully saturated rings. The van der Waals surface area contributed by atoms with Crippen molar-refractivity contribution in [2.24, 2.45) is 0 Å². The Morgan fingerprint density at radius 3 is 3.09 bits per heavy atom. The van der Waals surface area contributed by atoms with Crippen LogP contribution in [0.3, 0.4) is 0 Å². The molecule has 1 heterocycles. The summed E-state index contributed by atoms with van der Waals surface area (Å²) in [7, 11) is 0. The molecule has 0 aliphatic carbocycles. The number of ether oxygens (including phenoxy) is 1. The minimum atomic E-state index is 0.572. The van der Waals surface area contributed by atoms with Crippen molar-refractivity contribution in [3.8, 4) is 12.0 Å². The SMILES string of the molecule is CCOC#Cc1nc(Br)ns1. The molecule has 0 saturated carbocycles. The van der Waals surface area contributed by atoms with Crippen molar-refractivity contribution in [2.75, 3.05) is 6.61 Å². The Morgan fingerprint density at radius 1 is 1.73 bits per heavy atom. The van der Waals surface area contributed by atoms with Crippen molar-refractivity contribution in [3.05, 3.63) is 9.74 Å². The van der Waals surface area contributed by atoms with Crippen LogP contribution in [-0.4, -0.2) is 16.0 Å². The molecule has 0 aliphatic rings. The first-order valence-electron chi connectivity index (χ1n) is 2.95. The third-order valence-corrected chi connectivity index (χ3v) is 2.00. The Bertz CT molecular complexity index is 288. The van der Waals surface area contributed by atoms with Crippen LogP contribution in [0.2, 0.25) is 0 Å². The summed E-state index contributed by atoms with van der Waals surface area (Å²) >= 11 is 4.36. The van der Waals surface area contributed by atoms with Crippen LogP contribution in [0.1, 0.15) is 11.9 Å². The molecule has 1 aromatic rings. The van der Waals surface area contributed by atoms with Crippen molar-refractivity contribution in [1.82, 2.24) is 9.36 Å². The molecule has 0 aliphatic heterocycles. The van der Waals surface area contributed by atoms with Gasteiger partial charge in [0.1, 0.15) is 6.11 Å². The Kier molecular flexibility index (Phi) is 3.33. The Morgan fingerprint density at radius 2 is 2.55 bits per heavy atom. The maximum Gasteiger partial charge on any atom is 0.210 e. The summed E-state index contributed by atoms with van der Waals surface area (Å²) in [5, 5.41) is 0.658. The second-order valence-electron chi connectivity index (χ2n) is 1.53. The zero-order valence-electron chi connectivity index (χ0n) is 5.80. The molecule has 0 unspecified atom stereocenters. The highest BCUT2D eigenvalue weighted by Crippen LogP contribution is 2.07. The van der Waals surface area contributed by atoms with Crippen LogP contribution >= 0.6 is 27.5 Å². The minimum Gasteiger partial charge on any atom is -0.447 e. The topological polar surface area (TPSA) is 35.0 Å². The zero-order valence-corrected chi connectivity index (χ0v) is 8.20. The minimum absolute atomic E-state index is 0.572. The summed E-state index contributed by atoms with van der Waals surface area (Å²) in [6.45, 7) is 2.47. The molecule has 11 heavy (non-hydrogen) atoms. The van der Waals surface area contributed by atoms with Crippen LogP contribution in [0.15, 0.2) is 4.73 Å². The van der Waals surface area contributed by atoms with Crippen LogP contribution in [0.5, 0.6) is 0 Å². The molecule has 0 N–H and O–H groups in total. The van der Waals surface area contributed by atoms with E-state index in [0.717, 1.165) is 0 Å². The lowest BCUT2D eigenvalue weighted by molar-refractivity contribution is 0.299. The van der Waals surface area contributed by atoms with Gasteiger partial charge in [0.15, 0.2) is 5.01 Å². The monoisotopic (exact) mass is 232 g/mol. The van der Waals surface area contributed by atoms with E-state index in [9.17, 15) is 0 Å². The first-order chi connectivity index (χ1) is 5.33. The molecular weight excluding hydrogens is 228 g/mol. The van der Waals surface area contributed by atoms with Gasteiger partial charge in [0, 0.05) is 5.92 Å². The first kappa shape index (κ1) is 8.50. The van der Waals surface area contributed by atoms with Crippen molar-refractivity contribution in [3.63, 3.8) is 0 Å². The van der Waals surface area contributed by atoms with E-state index in [1.807, 2.05) is 6.92 Å². The largest absolute Gasteiger partial charge is 0.447 e. The highest BCUT2D eigenvalue weighted by atomic mass is 79.9. The van der Waals surface area contributed by atoms with E-state index in [1.165, 1.54) is 11.5 Å². The fraction of sp³-hybridized carbons (Fsp3) is 0.333. The summed E-state index contributed by atoms with van der Waals surface area (Å²) in [5.41, 5.74) is 0. The molecule has 0 amide bonds. The Labute approximate surface area is 77.1 Å². The molecule has 0 atom stereocenters. The molecule has 0 radical (unpaired) electrons. The van der Waals surface area contributed by atoms with Crippen molar-refractivity contribution in [2.45, 2.75) is 6.92 Å². The molecule has 1 aromatic heterocycles. The molecule has 5 heteroatoms. The molecule has 0 aromatic carbocycles. The van der Waals surface area contributed by atoms with Crippen molar-refractivity contribution < 1.29 is 4.74 Å². The lowest BCUT2D eigenvalue weighted by Gasteiger charge is -1.82. The van der Waals surface area contributed by atoms with E-state index in [-0.39, 0.29) is 0 Å². The number of rotatable bonds is 1. The third-order valence-electron chi connectivity index (χ3n) is 0.776. The normalized spacial score (nSPS) is 8.55. The molecule has 3 nitrogen and oxygen atoms in total. The molecule has 1 rings (SSSR count). The van der Waals surface area contributed by atoms with Gasteiger partial charge in [-0.25, -0.2) is 0 Å². The number of hydrogen-bond donors (Lipinski definition) is 0. The Hall–Kier alpha value is -0.600. The second kappa shape index (κ2) is 4.31. The fourth-order valence-corrected chi connectivity index (χ4v) is 1.34. The molecule has 0 bridgehead atoms. The van der Waals surface area contributed by atoms with E-state index in [1.54, 1.807) is 0 Å². The van der Waals surface area contributed by atoms with Gasteiger partial charge in [-0.15, -0.1) is 0 Å². The highest BCUT2D eigenvalue weighted by Gasteiger charge is 1.94. The van der Waals surface area contributed by atoms with E-state index < -0.39 is 0 Å². The first-order valence-corrected chi connectivity index (χ1v) is 4.51. The summed E-state index contributed by atoms with van der Waals surface area (Å²) in [5.74, 6) is 2.71. The van der Waals surface area contributed by atoms with E-state index >= 15 is 0 Å². The predicted molar refractivity (Wildman–Crippen MR) is 46.1 cm³/mol. The molecule has 58 valence electrons. The molecule has 0 spiro atoms. The lowest BCUT2D eigenvalue weighted by atomic mass is 10.7. The van der Waals surface area contributed by atoms with Gasteiger partial charge >= 0.3 is 0 Å². The Balaban J connectivity index is 2.59. The average molecular weight is 233 g/mol. The lowest BCUT2D eigenvalue weighted by Crippen LogP contribution is -1.77. The number of hydrogen-bond acceptors (Lipinski definition) is 4. The third kappa shape index (κ3) is 2.87. The van der Waals surface area contributed by atoms with Gasteiger partial charge in [-0.3, -0.25) is 0 Å². The average Bonchev–Trinajstić information content (AvgIpc) is 2.37. The summed E-state index contributed by atoms with van der Waals surface area (Å²) in [4.78, 5) is 3.95. The van der Waals surface area contributed by atoms with Gasteiger partial charge in [-0.1, -0.05) is 0 Å². The van der Waals surface area contributed by atoms with Crippen LogP contribution in [-0.2, 0) is 4.74 Å². The van der Waals surface area contributed by atoms with E-state index in [2.05, 4.69) is 37.3 Å². The van der Waals surface area contributed by atoms with Gasteiger partial charge in [0.05, 0.1) is 6.61 Å². The fourth-order valence-electron chi connectivity index (χ4n) is 0.408. The van der Waals surface area contributed by atoms with Crippen molar-refractivity contribution >= 4 is 27.5 Å². The van der Waals surface area contributed by atoms with Gasteiger partial charge in [-0.05, 0) is 34.4 Å². The summed E-state index contributed by atoms with van der Waals surface area (Å²) in [6.07, 6.45) is 2.50. The number of nitrogens with zero attached hydrogens (tertiary/aromatic N) is 2. The number of aromatic nitrogens is 2. The zero-order chi connectivity index (χ0) is 8.10. The van der Waals surface area contributed by atoms with Crippen LogP contribution in [0, 0.1) is 12.0 Å². The summed E-state index contributed by atoms with van der Waals surface area (Å²) < 4.78 is 9.27. The van der Waals surface area contributed by atoms with Crippen LogP contribution < -0.4 is 0 Å². The van der Waals surface area contributed by atoms with Gasteiger partial charge in [0.25, 0.3) is 0 Å². The maximum absolute atomic E-state index is 4.81. The molecule has 0 saturated heterocycles.